The minimum absolute atomic E-state index is 1.08. The number of pyridine rings is 1. The number of aryl methyl sites for hydroxylation is 1. The van der Waals surface area contributed by atoms with Crippen LogP contribution in [0.5, 0.6) is 0 Å². The van der Waals surface area contributed by atoms with Crippen molar-refractivity contribution in [2.75, 3.05) is 0 Å². The van der Waals surface area contributed by atoms with Crippen LogP contribution in [0.2, 0.25) is 0 Å². The van der Waals surface area contributed by atoms with Crippen LogP contribution in [0, 0.1) is 6.92 Å². The summed E-state index contributed by atoms with van der Waals surface area (Å²) < 4.78 is 1.24. The number of aromatic nitrogens is 2. The van der Waals surface area contributed by atoms with Gasteiger partial charge in [0.1, 0.15) is 0 Å². The molecule has 0 spiro atoms. The van der Waals surface area contributed by atoms with E-state index in [9.17, 15) is 0 Å². The smallest absolute Gasteiger partial charge is 0.0908 e. The summed E-state index contributed by atoms with van der Waals surface area (Å²) in [6.45, 7) is 6.04. The first kappa shape index (κ1) is 12.7. The van der Waals surface area contributed by atoms with E-state index < -0.39 is 0 Å². The molecule has 0 fully saturated rings. The van der Waals surface area contributed by atoms with E-state index >= 15 is 0 Å². The van der Waals surface area contributed by atoms with Gasteiger partial charge in [-0.15, -0.1) is 11.3 Å². The lowest BCUT2D eigenvalue weighted by Crippen LogP contribution is -1.81. The van der Waals surface area contributed by atoms with E-state index in [1.165, 1.54) is 4.70 Å². The van der Waals surface area contributed by atoms with Gasteiger partial charge in [-0.25, -0.2) is 4.98 Å². The van der Waals surface area contributed by atoms with E-state index in [0.717, 1.165) is 21.7 Å². The standard InChI is InChI=1S/C13H10N2S.C2H6/c1-9-15-13-11(5-2-6-12(13)16-9)10-4-3-7-14-8-10;1-2/h2-8H,1H3;1-2H3. The van der Waals surface area contributed by atoms with Crippen molar-refractivity contribution < 1.29 is 0 Å². The summed E-state index contributed by atoms with van der Waals surface area (Å²) in [6.07, 6.45) is 3.67. The second kappa shape index (κ2) is 5.74. The van der Waals surface area contributed by atoms with E-state index in [0.29, 0.717) is 0 Å². The van der Waals surface area contributed by atoms with Crippen molar-refractivity contribution in [1.82, 2.24) is 9.97 Å². The zero-order chi connectivity index (χ0) is 13.0. The van der Waals surface area contributed by atoms with Gasteiger partial charge >= 0.3 is 0 Å². The molecule has 0 unspecified atom stereocenters. The van der Waals surface area contributed by atoms with Gasteiger partial charge in [0.2, 0.25) is 0 Å². The van der Waals surface area contributed by atoms with E-state index in [-0.39, 0.29) is 0 Å². The maximum Gasteiger partial charge on any atom is 0.0908 e. The van der Waals surface area contributed by atoms with Crippen LogP contribution in [0.3, 0.4) is 0 Å². The quantitative estimate of drug-likeness (QED) is 0.631. The molecule has 1 aromatic carbocycles. The van der Waals surface area contributed by atoms with Crippen LogP contribution in [0.15, 0.2) is 42.7 Å². The fourth-order valence-electron chi connectivity index (χ4n) is 1.81. The molecule has 2 nitrogen and oxygen atoms in total. The highest BCUT2D eigenvalue weighted by molar-refractivity contribution is 7.18. The molecule has 2 aromatic heterocycles. The first-order chi connectivity index (χ1) is 8.84. The van der Waals surface area contributed by atoms with Gasteiger partial charge in [0.25, 0.3) is 0 Å². The van der Waals surface area contributed by atoms with Crippen molar-refractivity contribution in [2.24, 2.45) is 0 Å². The Morgan fingerprint density at radius 3 is 2.61 bits per heavy atom. The van der Waals surface area contributed by atoms with Gasteiger partial charge in [-0.2, -0.15) is 0 Å². The molecule has 0 amide bonds. The molecule has 0 bridgehead atoms. The lowest BCUT2D eigenvalue weighted by molar-refractivity contribution is 1.32. The van der Waals surface area contributed by atoms with Crippen molar-refractivity contribution in [3.63, 3.8) is 0 Å². The van der Waals surface area contributed by atoms with Gasteiger partial charge in [0.05, 0.1) is 15.2 Å². The Morgan fingerprint density at radius 2 is 1.89 bits per heavy atom. The van der Waals surface area contributed by atoms with Crippen molar-refractivity contribution >= 4 is 21.6 Å². The van der Waals surface area contributed by atoms with Gasteiger partial charge in [-0.3, -0.25) is 4.98 Å². The SMILES string of the molecule is CC.Cc1nc2c(-c3cccnc3)cccc2s1. The van der Waals surface area contributed by atoms with Crippen molar-refractivity contribution in [3.05, 3.63) is 47.7 Å². The largest absolute Gasteiger partial charge is 0.264 e. The summed E-state index contributed by atoms with van der Waals surface area (Å²) in [5.74, 6) is 0. The molecule has 92 valence electrons. The molecule has 0 saturated carbocycles. The topological polar surface area (TPSA) is 25.8 Å². The average Bonchev–Trinajstić information content (AvgIpc) is 2.82. The molecular weight excluding hydrogens is 240 g/mol. The predicted molar refractivity (Wildman–Crippen MR) is 78.9 cm³/mol. The molecule has 0 radical (unpaired) electrons. The fourth-order valence-corrected chi connectivity index (χ4v) is 2.67. The molecule has 0 aliphatic carbocycles. The van der Waals surface area contributed by atoms with Crippen LogP contribution < -0.4 is 0 Å². The first-order valence-electron chi connectivity index (χ1n) is 6.11. The maximum atomic E-state index is 4.58. The van der Waals surface area contributed by atoms with E-state index in [1.54, 1.807) is 17.5 Å². The zero-order valence-electron chi connectivity index (χ0n) is 10.8. The van der Waals surface area contributed by atoms with Crippen molar-refractivity contribution in [2.45, 2.75) is 20.8 Å². The number of hydrogen-bond donors (Lipinski definition) is 0. The molecule has 0 saturated heterocycles. The fraction of sp³-hybridized carbons (Fsp3) is 0.200. The molecule has 18 heavy (non-hydrogen) atoms. The monoisotopic (exact) mass is 256 g/mol. The second-order valence-electron chi connectivity index (χ2n) is 3.63. The Balaban J connectivity index is 0.000000574. The minimum Gasteiger partial charge on any atom is -0.264 e. The Morgan fingerprint density at radius 1 is 1.06 bits per heavy atom. The average molecular weight is 256 g/mol. The van der Waals surface area contributed by atoms with Gasteiger partial charge in [0, 0.05) is 23.5 Å². The molecule has 2 heterocycles. The van der Waals surface area contributed by atoms with E-state index in [4.69, 9.17) is 0 Å². The van der Waals surface area contributed by atoms with Crippen LogP contribution >= 0.6 is 11.3 Å². The molecule has 0 aliphatic rings. The highest BCUT2D eigenvalue weighted by atomic mass is 32.1. The number of para-hydroxylation sites is 1. The Bertz CT molecular complexity index is 629. The molecule has 3 heteroatoms. The molecule has 0 atom stereocenters. The van der Waals surface area contributed by atoms with Crippen molar-refractivity contribution in [3.8, 4) is 11.1 Å². The summed E-state index contributed by atoms with van der Waals surface area (Å²) in [5, 5.41) is 1.10. The van der Waals surface area contributed by atoms with Gasteiger partial charge in [-0.05, 0) is 19.1 Å². The summed E-state index contributed by atoms with van der Waals surface area (Å²) in [4.78, 5) is 8.73. The highest BCUT2D eigenvalue weighted by Gasteiger charge is 2.07. The van der Waals surface area contributed by atoms with Crippen LogP contribution in [-0.4, -0.2) is 9.97 Å². The van der Waals surface area contributed by atoms with E-state index in [1.807, 2.05) is 33.0 Å². The zero-order valence-corrected chi connectivity index (χ0v) is 11.7. The number of hydrogen-bond acceptors (Lipinski definition) is 3. The third kappa shape index (κ3) is 2.41. The molecule has 3 rings (SSSR count). The van der Waals surface area contributed by atoms with Crippen LogP contribution in [-0.2, 0) is 0 Å². The summed E-state index contributed by atoms with van der Waals surface area (Å²) in [7, 11) is 0. The maximum absolute atomic E-state index is 4.58. The summed E-state index contributed by atoms with van der Waals surface area (Å²) in [6, 6.07) is 10.3. The Labute approximate surface area is 111 Å². The number of thiazole rings is 1. The second-order valence-corrected chi connectivity index (χ2v) is 4.86. The number of nitrogens with zero attached hydrogens (tertiary/aromatic N) is 2. The lowest BCUT2D eigenvalue weighted by atomic mass is 10.1. The van der Waals surface area contributed by atoms with Crippen LogP contribution in [0.1, 0.15) is 18.9 Å². The molecular formula is C15H16N2S. The Kier molecular flexibility index (Phi) is 4.05. The van der Waals surface area contributed by atoms with Crippen LogP contribution in [0.25, 0.3) is 21.3 Å². The molecule has 3 aromatic rings. The highest BCUT2D eigenvalue weighted by Crippen LogP contribution is 2.30. The third-order valence-corrected chi connectivity index (χ3v) is 3.43. The van der Waals surface area contributed by atoms with E-state index in [2.05, 4.69) is 34.2 Å². The van der Waals surface area contributed by atoms with Crippen LogP contribution in [0.4, 0.5) is 0 Å². The third-order valence-electron chi connectivity index (χ3n) is 2.50. The molecule has 0 N–H and O–H groups in total. The van der Waals surface area contributed by atoms with Crippen molar-refractivity contribution in [1.29, 1.82) is 0 Å². The minimum atomic E-state index is 1.08. The number of benzene rings is 1. The van der Waals surface area contributed by atoms with Gasteiger partial charge in [0.15, 0.2) is 0 Å². The van der Waals surface area contributed by atoms with Gasteiger partial charge < -0.3 is 0 Å². The summed E-state index contributed by atoms with van der Waals surface area (Å²) >= 11 is 1.73. The predicted octanol–water partition coefficient (Wildman–Crippen LogP) is 4.69. The number of rotatable bonds is 1. The molecule has 0 aliphatic heterocycles. The first-order valence-corrected chi connectivity index (χ1v) is 6.93. The number of fused-ring (bicyclic) bond motifs is 1. The normalized spacial score (nSPS) is 9.94. The Hall–Kier alpha value is -1.74. The van der Waals surface area contributed by atoms with Gasteiger partial charge in [-0.1, -0.05) is 32.0 Å². The lowest BCUT2D eigenvalue weighted by Gasteiger charge is -2.00. The summed E-state index contributed by atoms with van der Waals surface area (Å²) in [5.41, 5.74) is 3.37.